The van der Waals surface area contributed by atoms with Gasteiger partial charge in [-0.2, -0.15) is 0 Å². The van der Waals surface area contributed by atoms with Gasteiger partial charge in [0.25, 0.3) is 0 Å². The zero-order valence-electron chi connectivity index (χ0n) is 12.3. The molecule has 0 bridgehead atoms. The second-order valence-corrected chi connectivity index (χ2v) is 4.54. The smallest absolute Gasteiger partial charge is 0.324 e. The molecule has 1 unspecified atom stereocenters. The largest absolute Gasteiger partial charge is 0.481 e. The number of nitrogens with one attached hydrogen (secondary N) is 1. The maximum Gasteiger partial charge on any atom is 0.324 e. The lowest BCUT2D eigenvalue weighted by Gasteiger charge is -2.27. The molecule has 0 heterocycles. The van der Waals surface area contributed by atoms with Crippen molar-refractivity contribution in [1.29, 1.82) is 0 Å². The van der Waals surface area contributed by atoms with Crippen molar-refractivity contribution in [3.8, 4) is 0 Å². The number of nitrogens with zero attached hydrogens (tertiary/aromatic N) is 1. The van der Waals surface area contributed by atoms with Gasteiger partial charge in [0, 0.05) is 26.5 Å². The number of hydrogen-bond acceptors (Lipinski definition) is 4. The van der Waals surface area contributed by atoms with Gasteiger partial charge in [0.15, 0.2) is 0 Å². The summed E-state index contributed by atoms with van der Waals surface area (Å²) in [5, 5.41) is 10.8. The Bertz CT molecular complexity index is 333. The average Bonchev–Trinajstić information content (AvgIpc) is 2.35. The van der Waals surface area contributed by atoms with E-state index in [1.165, 1.54) is 4.90 Å². The summed E-state index contributed by atoms with van der Waals surface area (Å²) in [4.78, 5) is 35.3. The number of imide groups is 1. The first-order chi connectivity index (χ1) is 9.42. The maximum atomic E-state index is 11.9. The lowest BCUT2D eigenvalue weighted by Crippen LogP contribution is -2.48. The molecule has 20 heavy (non-hydrogen) atoms. The number of carbonyl (C=O) groups excluding carboxylic acids is 2. The van der Waals surface area contributed by atoms with Crippen molar-refractivity contribution in [3.63, 3.8) is 0 Å². The van der Waals surface area contributed by atoms with Crippen LogP contribution in [0.4, 0.5) is 4.79 Å². The SMILES string of the molecule is CCN(C(=O)NC(=O)CCCCC(=O)O)C(C)COC. The molecule has 0 aromatic carbocycles. The van der Waals surface area contributed by atoms with Gasteiger partial charge in [0.05, 0.1) is 12.6 Å². The van der Waals surface area contributed by atoms with Crippen LogP contribution < -0.4 is 5.32 Å². The average molecular weight is 288 g/mol. The minimum absolute atomic E-state index is 0.0349. The van der Waals surface area contributed by atoms with E-state index in [2.05, 4.69) is 5.32 Å². The number of urea groups is 1. The predicted molar refractivity (Wildman–Crippen MR) is 73.4 cm³/mol. The second-order valence-electron chi connectivity index (χ2n) is 4.54. The topological polar surface area (TPSA) is 95.9 Å². The van der Waals surface area contributed by atoms with E-state index in [4.69, 9.17) is 9.84 Å². The minimum Gasteiger partial charge on any atom is -0.481 e. The van der Waals surface area contributed by atoms with Crippen molar-refractivity contribution in [1.82, 2.24) is 10.2 Å². The number of rotatable bonds is 9. The number of carbonyl (C=O) groups is 3. The van der Waals surface area contributed by atoms with Crippen molar-refractivity contribution in [3.05, 3.63) is 0 Å². The summed E-state index contributed by atoms with van der Waals surface area (Å²) >= 11 is 0. The summed E-state index contributed by atoms with van der Waals surface area (Å²) in [6.45, 7) is 4.53. The fraction of sp³-hybridized carbons (Fsp3) is 0.769. The van der Waals surface area contributed by atoms with Crippen LogP contribution in [-0.4, -0.2) is 54.2 Å². The zero-order chi connectivity index (χ0) is 15.5. The number of hydrogen-bond donors (Lipinski definition) is 2. The molecule has 1 atom stereocenters. The van der Waals surface area contributed by atoms with Crippen molar-refractivity contribution >= 4 is 17.9 Å². The van der Waals surface area contributed by atoms with Gasteiger partial charge in [0.1, 0.15) is 0 Å². The molecule has 2 N–H and O–H groups in total. The molecule has 0 saturated carbocycles. The van der Waals surface area contributed by atoms with Gasteiger partial charge < -0.3 is 14.7 Å². The molecular weight excluding hydrogens is 264 g/mol. The van der Waals surface area contributed by atoms with Crippen LogP contribution in [0.25, 0.3) is 0 Å². The van der Waals surface area contributed by atoms with Crippen LogP contribution in [0.1, 0.15) is 39.5 Å². The zero-order valence-corrected chi connectivity index (χ0v) is 12.3. The van der Waals surface area contributed by atoms with Gasteiger partial charge in [0.2, 0.25) is 5.91 Å². The minimum atomic E-state index is -0.882. The molecule has 0 aliphatic rings. The van der Waals surface area contributed by atoms with Crippen LogP contribution in [0, 0.1) is 0 Å². The van der Waals surface area contributed by atoms with Gasteiger partial charge in [-0.05, 0) is 26.7 Å². The second kappa shape index (κ2) is 10.2. The van der Waals surface area contributed by atoms with E-state index >= 15 is 0 Å². The van der Waals surface area contributed by atoms with E-state index in [9.17, 15) is 14.4 Å². The summed E-state index contributed by atoms with van der Waals surface area (Å²) < 4.78 is 4.98. The number of carboxylic acid groups (broad SMARTS) is 1. The van der Waals surface area contributed by atoms with Crippen molar-refractivity contribution in [2.75, 3.05) is 20.3 Å². The third-order valence-electron chi connectivity index (χ3n) is 2.83. The summed E-state index contributed by atoms with van der Waals surface area (Å²) in [7, 11) is 1.55. The number of likely N-dealkylation sites (N-methyl/N-ethyl adjacent to an activating group) is 1. The number of unbranched alkanes of at least 4 members (excludes halogenated alkanes) is 1. The number of aliphatic carboxylic acids is 1. The predicted octanol–water partition coefficient (Wildman–Crippen LogP) is 1.22. The Kier molecular flexibility index (Phi) is 9.36. The lowest BCUT2D eigenvalue weighted by atomic mass is 10.2. The van der Waals surface area contributed by atoms with Crippen LogP contribution in [0.2, 0.25) is 0 Å². The first-order valence-electron chi connectivity index (χ1n) is 6.73. The Morgan fingerprint density at radius 3 is 2.35 bits per heavy atom. The van der Waals surface area contributed by atoms with Gasteiger partial charge >= 0.3 is 12.0 Å². The van der Waals surface area contributed by atoms with Crippen molar-refractivity contribution in [2.45, 2.75) is 45.6 Å². The quantitative estimate of drug-likeness (QED) is 0.622. The molecule has 0 aliphatic heterocycles. The van der Waals surface area contributed by atoms with E-state index in [0.29, 0.717) is 26.0 Å². The van der Waals surface area contributed by atoms with Crippen LogP contribution >= 0.6 is 0 Å². The van der Waals surface area contributed by atoms with E-state index < -0.39 is 12.0 Å². The molecule has 0 rings (SSSR count). The molecule has 0 aromatic heterocycles. The number of carboxylic acids is 1. The van der Waals surface area contributed by atoms with Crippen LogP contribution in [0.3, 0.4) is 0 Å². The van der Waals surface area contributed by atoms with Gasteiger partial charge in [-0.3, -0.25) is 14.9 Å². The Balaban J connectivity index is 4.09. The van der Waals surface area contributed by atoms with E-state index in [1.54, 1.807) is 7.11 Å². The highest BCUT2D eigenvalue weighted by Gasteiger charge is 2.19. The fourth-order valence-electron chi connectivity index (χ4n) is 1.80. The molecule has 0 spiro atoms. The highest BCUT2D eigenvalue weighted by molar-refractivity contribution is 5.94. The Labute approximate surface area is 119 Å². The maximum absolute atomic E-state index is 11.9. The summed E-state index contributed by atoms with van der Waals surface area (Å²) in [6.07, 6.45) is 1.06. The van der Waals surface area contributed by atoms with Gasteiger partial charge in [-0.1, -0.05) is 0 Å². The first-order valence-corrected chi connectivity index (χ1v) is 6.73. The normalized spacial score (nSPS) is 11.8. The summed E-state index contributed by atoms with van der Waals surface area (Å²) in [5.74, 6) is -1.27. The standard InChI is InChI=1S/C13H24N2O5/c1-4-15(10(2)9-20-3)13(19)14-11(16)7-5-6-8-12(17)18/h10H,4-9H2,1-3H3,(H,17,18)(H,14,16,19). The van der Waals surface area contributed by atoms with Crippen molar-refractivity contribution < 1.29 is 24.2 Å². The van der Waals surface area contributed by atoms with Crippen LogP contribution in [-0.2, 0) is 14.3 Å². The first kappa shape index (κ1) is 18.4. The highest BCUT2D eigenvalue weighted by Crippen LogP contribution is 2.02. The lowest BCUT2D eigenvalue weighted by molar-refractivity contribution is -0.137. The van der Waals surface area contributed by atoms with Crippen LogP contribution in [0.15, 0.2) is 0 Å². The number of amides is 3. The number of methoxy groups -OCH3 is 1. The van der Waals surface area contributed by atoms with E-state index in [0.717, 1.165) is 0 Å². The Morgan fingerprint density at radius 2 is 1.85 bits per heavy atom. The molecule has 7 nitrogen and oxygen atoms in total. The third kappa shape index (κ3) is 7.73. The molecule has 0 aliphatic carbocycles. The monoisotopic (exact) mass is 288 g/mol. The van der Waals surface area contributed by atoms with Gasteiger partial charge in [-0.25, -0.2) is 4.79 Å². The number of ether oxygens (including phenoxy) is 1. The fourth-order valence-corrected chi connectivity index (χ4v) is 1.80. The molecule has 0 aromatic rings. The van der Waals surface area contributed by atoms with E-state index in [-0.39, 0.29) is 24.8 Å². The molecular formula is C13H24N2O5. The molecule has 0 saturated heterocycles. The van der Waals surface area contributed by atoms with Gasteiger partial charge in [-0.15, -0.1) is 0 Å². The molecule has 116 valence electrons. The summed E-state index contributed by atoms with van der Waals surface area (Å²) in [5.41, 5.74) is 0. The third-order valence-corrected chi connectivity index (χ3v) is 2.83. The molecule has 0 fully saturated rings. The Hall–Kier alpha value is -1.63. The van der Waals surface area contributed by atoms with Crippen LogP contribution in [0.5, 0.6) is 0 Å². The Morgan fingerprint density at radius 1 is 1.25 bits per heavy atom. The molecule has 7 heteroatoms. The molecule has 0 radical (unpaired) electrons. The molecule has 3 amide bonds. The van der Waals surface area contributed by atoms with Crippen molar-refractivity contribution in [2.24, 2.45) is 0 Å². The summed E-state index contributed by atoms with van der Waals surface area (Å²) in [6, 6.07) is -0.565. The highest BCUT2D eigenvalue weighted by atomic mass is 16.5. The van der Waals surface area contributed by atoms with E-state index in [1.807, 2.05) is 13.8 Å².